The fourth-order valence-corrected chi connectivity index (χ4v) is 4.05. The summed E-state index contributed by atoms with van der Waals surface area (Å²) in [7, 11) is 0. The molecule has 0 aliphatic carbocycles. The summed E-state index contributed by atoms with van der Waals surface area (Å²) in [6, 6.07) is 12.1. The Kier molecular flexibility index (Phi) is 7.47. The van der Waals surface area contributed by atoms with E-state index in [0.717, 1.165) is 18.5 Å². The predicted molar refractivity (Wildman–Crippen MR) is 129 cm³/mol. The normalized spacial score (nSPS) is 17.7. The number of nitrogens with zero attached hydrogens (tertiary/aromatic N) is 2. The highest BCUT2D eigenvalue weighted by Crippen LogP contribution is 2.22. The SMILES string of the molecule is Cc1ccc(O)c(C(=O)c2ccc(C(=O)N[C@@H]3CCCNC[C@H]3NC(=O)c3ccncn3)cc2)c1. The largest absolute Gasteiger partial charge is 0.507 e. The molecule has 3 aromatic rings. The lowest BCUT2D eigenvalue weighted by Crippen LogP contribution is -2.54. The van der Waals surface area contributed by atoms with Crippen LogP contribution in [0.4, 0.5) is 0 Å². The molecule has 180 valence electrons. The predicted octanol–water partition coefficient (Wildman–Crippen LogP) is 2.00. The minimum absolute atomic E-state index is 0.0838. The number of aryl methyl sites for hydroxylation is 1. The molecular formula is C26H27N5O4. The molecule has 9 heteroatoms. The van der Waals surface area contributed by atoms with Crippen LogP contribution in [-0.2, 0) is 0 Å². The van der Waals surface area contributed by atoms with Crippen LogP contribution in [0.1, 0.15) is 55.2 Å². The molecule has 1 aromatic heterocycles. The maximum atomic E-state index is 13.0. The number of phenols is 1. The van der Waals surface area contributed by atoms with Gasteiger partial charge in [-0.3, -0.25) is 14.4 Å². The van der Waals surface area contributed by atoms with Crippen molar-refractivity contribution < 1.29 is 19.5 Å². The molecule has 2 heterocycles. The van der Waals surface area contributed by atoms with Crippen molar-refractivity contribution in [1.82, 2.24) is 25.9 Å². The lowest BCUT2D eigenvalue weighted by Gasteiger charge is -2.27. The summed E-state index contributed by atoms with van der Waals surface area (Å²) in [6.45, 7) is 3.14. The molecule has 1 fully saturated rings. The van der Waals surface area contributed by atoms with Crippen molar-refractivity contribution >= 4 is 17.6 Å². The zero-order chi connectivity index (χ0) is 24.8. The number of rotatable bonds is 6. The van der Waals surface area contributed by atoms with E-state index in [1.165, 1.54) is 24.7 Å². The van der Waals surface area contributed by atoms with E-state index in [9.17, 15) is 19.5 Å². The van der Waals surface area contributed by atoms with Gasteiger partial charge in [0.15, 0.2) is 5.78 Å². The second-order valence-electron chi connectivity index (χ2n) is 8.53. The standard InChI is InChI=1S/C26H27N5O4/c1-16-4-9-23(32)19(13-16)24(33)17-5-7-18(8-6-17)25(34)30-20-3-2-11-27-14-22(20)31-26(35)21-10-12-28-15-29-21/h4-10,12-13,15,20,22,27,32H,2-3,11,14H2,1H3,(H,30,34)(H,31,35)/t20-,22-/m1/s1. The number of aromatic nitrogens is 2. The van der Waals surface area contributed by atoms with Gasteiger partial charge < -0.3 is 21.1 Å². The van der Waals surface area contributed by atoms with Gasteiger partial charge in [-0.25, -0.2) is 9.97 Å². The third kappa shape index (κ3) is 5.88. The van der Waals surface area contributed by atoms with Crippen molar-refractivity contribution in [1.29, 1.82) is 0 Å². The van der Waals surface area contributed by atoms with Gasteiger partial charge in [-0.2, -0.15) is 0 Å². The van der Waals surface area contributed by atoms with Gasteiger partial charge in [-0.1, -0.05) is 23.8 Å². The second kappa shape index (κ2) is 10.9. The van der Waals surface area contributed by atoms with E-state index >= 15 is 0 Å². The molecule has 1 saturated heterocycles. The molecule has 1 aliphatic heterocycles. The van der Waals surface area contributed by atoms with Gasteiger partial charge in [0.05, 0.1) is 17.6 Å². The van der Waals surface area contributed by atoms with Crippen molar-refractivity contribution in [2.75, 3.05) is 13.1 Å². The lowest BCUT2D eigenvalue weighted by molar-refractivity contribution is 0.0880. The highest BCUT2D eigenvalue weighted by Gasteiger charge is 2.27. The summed E-state index contributed by atoms with van der Waals surface area (Å²) in [5.74, 6) is -1.03. The highest BCUT2D eigenvalue weighted by molar-refractivity contribution is 6.11. The first-order valence-electron chi connectivity index (χ1n) is 11.4. The molecule has 0 saturated carbocycles. The number of carbonyl (C=O) groups is 3. The first kappa shape index (κ1) is 24.0. The number of phenolic OH excluding ortho intramolecular Hbond substituents is 1. The average Bonchev–Trinajstić information content (AvgIpc) is 3.10. The molecule has 35 heavy (non-hydrogen) atoms. The fourth-order valence-electron chi connectivity index (χ4n) is 4.05. The summed E-state index contributed by atoms with van der Waals surface area (Å²) in [5.41, 5.74) is 2.11. The summed E-state index contributed by atoms with van der Waals surface area (Å²) in [4.78, 5) is 46.2. The van der Waals surface area contributed by atoms with Gasteiger partial charge in [0, 0.05) is 23.9 Å². The molecule has 0 bridgehead atoms. The minimum Gasteiger partial charge on any atom is -0.507 e. The Bertz CT molecular complexity index is 1210. The van der Waals surface area contributed by atoms with E-state index in [4.69, 9.17) is 0 Å². The van der Waals surface area contributed by atoms with Crippen molar-refractivity contribution in [3.05, 3.63) is 89.0 Å². The molecule has 1 aliphatic rings. The van der Waals surface area contributed by atoms with E-state index in [2.05, 4.69) is 25.9 Å². The van der Waals surface area contributed by atoms with Crippen molar-refractivity contribution in [2.45, 2.75) is 31.8 Å². The maximum Gasteiger partial charge on any atom is 0.270 e. The molecule has 0 radical (unpaired) electrons. The zero-order valence-electron chi connectivity index (χ0n) is 19.3. The van der Waals surface area contributed by atoms with Crippen LogP contribution in [0.2, 0.25) is 0 Å². The van der Waals surface area contributed by atoms with Gasteiger partial charge in [-0.05, 0) is 56.6 Å². The highest BCUT2D eigenvalue weighted by atomic mass is 16.3. The third-order valence-electron chi connectivity index (χ3n) is 5.97. The Hall–Kier alpha value is -4.11. The molecule has 9 nitrogen and oxygen atoms in total. The maximum absolute atomic E-state index is 13.0. The summed E-state index contributed by atoms with van der Waals surface area (Å²) in [6.07, 6.45) is 4.35. The number of hydrogen-bond acceptors (Lipinski definition) is 7. The average molecular weight is 474 g/mol. The molecule has 4 rings (SSSR count). The smallest absolute Gasteiger partial charge is 0.270 e. The fraction of sp³-hybridized carbons (Fsp3) is 0.269. The van der Waals surface area contributed by atoms with Gasteiger partial charge >= 0.3 is 0 Å². The molecule has 2 aromatic carbocycles. The Morgan fingerprint density at radius 3 is 2.46 bits per heavy atom. The van der Waals surface area contributed by atoms with Crippen LogP contribution in [0.15, 0.2) is 61.1 Å². The van der Waals surface area contributed by atoms with E-state index in [1.54, 1.807) is 36.4 Å². The Morgan fingerprint density at radius 2 is 1.71 bits per heavy atom. The lowest BCUT2D eigenvalue weighted by atomic mass is 9.99. The second-order valence-corrected chi connectivity index (χ2v) is 8.53. The molecule has 0 unspecified atom stereocenters. The molecule has 0 spiro atoms. The summed E-state index contributed by atoms with van der Waals surface area (Å²) < 4.78 is 0. The Balaban J connectivity index is 1.44. The summed E-state index contributed by atoms with van der Waals surface area (Å²) in [5, 5.41) is 19.3. The molecule has 2 atom stereocenters. The zero-order valence-corrected chi connectivity index (χ0v) is 19.3. The Morgan fingerprint density at radius 1 is 0.971 bits per heavy atom. The van der Waals surface area contributed by atoms with Crippen molar-refractivity contribution in [3.8, 4) is 5.75 Å². The number of benzene rings is 2. The number of ketones is 1. The van der Waals surface area contributed by atoms with Crippen LogP contribution < -0.4 is 16.0 Å². The van der Waals surface area contributed by atoms with Crippen LogP contribution in [0, 0.1) is 6.92 Å². The van der Waals surface area contributed by atoms with E-state index < -0.39 is 0 Å². The first-order chi connectivity index (χ1) is 16.9. The number of nitrogens with one attached hydrogen (secondary N) is 3. The number of hydrogen-bond donors (Lipinski definition) is 4. The molecule has 2 amide bonds. The van der Waals surface area contributed by atoms with Crippen molar-refractivity contribution in [3.63, 3.8) is 0 Å². The molecular weight excluding hydrogens is 446 g/mol. The summed E-state index contributed by atoms with van der Waals surface area (Å²) >= 11 is 0. The van der Waals surface area contributed by atoms with E-state index in [0.29, 0.717) is 24.1 Å². The van der Waals surface area contributed by atoms with Crippen LogP contribution in [0.25, 0.3) is 0 Å². The topological polar surface area (TPSA) is 133 Å². The van der Waals surface area contributed by atoms with Crippen LogP contribution in [0.3, 0.4) is 0 Å². The van der Waals surface area contributed by atoms with Gasteiger partial charge in [-0.15, -0.1) is 0 Å². The van der Waals surface area contributed by atoms with Gasteiger partial charge in [0.2, 0.25) is 0 Å². The number of carbonyl (C=O) groups excluding carboxylic acids is 3. The number of amides is 2. The third-order valence-corrected chi connectivity index (χ3v) is 5.97. The Labute approximate surface area is 203 Å². The first-order valence-corrected chi connectivity index (χ1v) is 11.4. The van der Waals surface area contributed by atoms with Gasteiger partial charge in [0.25, 0.3) is 11.8 Å². The number of aromatic hydroxyl groups is 1. The molecule has 4 N–H and O–H groups in total. The van der Waals surface area contributed by atoms with Crippen molar-refractivity contribution in [2.24, 2.45) is 0 Å². The van der Waals surface area contributed by atoms with E-state index in [1.807, 2.05) is 6.92 Å². The van der Waals surface area contributed by atoms with Gasteiger partial charge in [0.1, 0.15) is 17.8 Å². The minimum atomic E-state index is -0.331. The van der Waals surface area contributed by atoms with Crippen LogP contribution in [-0.4, -0.2) is 57.8 Å². The van der Waals surface area contributed by atoms with Crippen LogP contribution in [0.5, 0.6) is 5.75 Å². The van der Waals surface area contributed by atoms with E-state index in [-0.39, 0.29) is 46.7 Å². The van der Waals surface area contributed by atoms with Crippen LogP contribution >= 0.6 is 0 Å². The monoisotopic (exact) mass is 473 g/mol. The quantitative estimate of drug-likeness (QED) is 0.403.